The zero-order valence-corrected chi connectivity index (χ0v) is 14.2. The van der Waals surface area contributed by atoms with Crippen LogP contribution in [0.4, 0.5) is 4.39 Å². The first-order valence-corrected chi connectivity index (χ1v) is 9.37. The van der Waals surface area contributed by atoms with Crippen molar-refractivity contribution in [1.82, 2.24) is 4.98 Å². The summed E-state index contributed by atoms with van der Waals surface area (Å²) in [6.45, 7) is 2.34. The van der Waals surface area contributed by atoms with Gasteiger partial charge in [0.05, 0.1) is 0 Å². The van der Waals surface area contributed by atoms with E-state index in [0.717, 1.165) is 23.3 Å². The number of aromatic nitrogens is 1. The Balaban J connectivity index is 1.46. The van der Waals surface area contributed by atoms with Crippen LogP contribution < -0.4 is 0 Å². The minimum Gasteiger partial charge on any atom is -0.227 e. The van der Waals surface area contributed by atoms with Gasteiger partial charge in [-0.3, -0.25) is 0 Å². The van der Waals surface area contributed by atoms with E-state index >= 15 is 0 Å². The van der Waals surface area contributed by atoms with Gasteiger partial charge in [-0.1, -0.05) is 38.0 Å². The molecule has 2 aliphatic rings. The van der Waals surface area contributed by atoms with Crippen LogP contribution in [0.1, 0.15) is 70.3 Å². The Morgan fingerprint density at radius 2 is 1.65 bits per heavy atom. The van der Waals surface area contributed by atoms with Gasteiger partial charge in [0.2, 0.25) is 5.95 Å². The van der Waals surface area contributed by atoms with Crippen LogP contribution in [0.2, 0.25) is 0 Å². The van der Waals surface area contributed by atoms with Crippen LogP contribution in [0, 0.1) is 41.5 Å². The predicted molar refractivity (Wildman–Crippen MR) is 92.3 cm³/mol. The average Bonchev–Trinajstić information content (AvgIpc) is 2.62. The second kappa shape index (κ2) is 7.95. The van der Waals surface area contributed by atoms with Gasteiger partial charge < -0.3 is 0 Å². The number of halogens is 1. The highest BCUT2D eigenvalue weighted by molar-refractivity contribution is 5.32. The number of hydrogen-bond acceptors (Lipinski definition) is 1. The van der Waals surface area contributed by atoms with Crippen molar-refractivity contribution in [2.75, 3.05) is 0 Å². The van der Waals surface area contributed by atoms with Crippen molar-refractivity contribution in [2.45, 2.75) is 64.7 Å². The zero-order chi connectivity index (χ0) is 16.1. The summed E-state index contributed by atoms with van der Waals surface area (Å²) in [5, 5.41) is 0. The number of rotatable bonds is 2. The maximum absolute atomic E-state index is 12.8. The van der Waals surface area contributed by atoms with Gasteiger partial charge in [-0.15, -0.1) is 0 Å². The molecule has 1 aromatic rings. The molecule has 0 unspecified atom stereocenters. The molecule has 0 spiro atoms. The van der Waals surface area contributed by atoms with Gasteiger partial charge in [0.15, 0.2) is 0 Å². The Morgan fingerprint density at radius 1 is 1.00 bits per heavy atom. The summed E-state index contributed by atoms with van der Waals surface area (Å²) >= 11 is 0. The van der Waals surface area contributed by atoms with Crippen LogP contribution in [0.5, 0.6) is 0 Å². The summed E-state index contributed by atoms with van der Waals surface area (Å²) in [7, 11) is 0. The minimum atomic E-state index is -0.436. The second-order valence-electron chi connectivity index (χ2n) is 7.44. The van der Waals surface area contributed by atoms with Crippen LogP contribution in [0.25, 0.3) is 0 Å². The third-order valence-electron chi connectivity index (χ3n) is 6.06. The molecular formula is C21H28FN. The summed E-state index contributed by atoms with van der Waals surface area (Å²) in [6.07, 6.45) is 13.9. The molecule has 1 nitrogen and oxygen atoms in total. The largest absolute Gasteiger partial charge is 0.227 e. The van der Waals surface area contributed by atoms with E-state index in [1.165, 1.54) is 70.1 Å². The number of pyridine rings is 1. The van der Waals surface area contributed by atoms with Crippen molar-refractivity contribution in [3.05, 3.63) is 29.8 Å². The Bertz CT molecular complexity index is 537. The Labute approximate surface area is 140 Å². The van der Waals surface area contributed by atoms with E-state index in [9.17, 15) is 4.39 Å². The molecule has 2 heteroatoms. The molecule has 0 radical (unpaired) electrons. The maximum Gasteiger partial charge on any atom is 0.212 e. The van der Waals surface area contributed by atoms with E-state index in [2.05, 4.69) is 23.7 Å². The van der Waals surface area contributed by atoms with Crippen molar-refractivity contribution < 1.29 is 4.39 Å². The molecule has 0 bridgehead atoms. The molecule has 3 rings (SSSR count). The molecule has 0 saturated heterocycles. The van der Waals surface area contributed by atoms with Crippen molar-refractivity contribution in [3.8, 4) is 11.8 Å². The standard InChI is InChI=1S/C21H28FN/c1-2-16-5-10-19(11-6-16)20-12-7-17(8-13-20)3-4-18-9-14-21(22)23-15-18/h9,14-17,19-20H,2,5-8,10-13H2,1H3/t16-,17-,19-,20-. The third-order valence-corrected chi connectivity index (χ3v) is 6.06. The lowest BCUT2D eigenvalue weighted by atomic mass is 9.69. The lowest BCUT2D eigenvalue weighted by Gasteiger charge is -2.36. The molecule has 23 heavy (non-hydrogen) atoms. The second-order valence-corrected chi connectivity index (χ2v) is 7.44. The molecule has 1 aromatic heterocycles. The van der Waals surface area contributed by atoms with Crippen molar-refractivity contribution in [2.24, 2.45) is 23.7 Å². The summed E-state index contributed by atoms with van der Waals surface area (Å²) in [6, 6.07) is 3.10. The Hall–Kier alpha value is -1.36. The van der Waals surface area contributed by atoms with Crippen LogP contribution in [0.15, 0.2) is 18.3 Å². The van der Waals surface area contributed by atoms with E-state index in [1.54, 1.807) is 6.07 Å². The van der Waals surface area contributed by atoms with E-state index < -0.39 is 5.95 Å². The van der Waals surface area contributed by atoms with Crippen LogP contribution in [-0.4, -0.2) is 4.98 Å². The molecule has 2 aliphatic carbocycles. The highest BCUT2D eigenvalue weighted by Gasteiger charge is 2.29. The van der Waals surface area contributed by atoms with Gasteiger partial charge in [0.1, 0.15) is 0 Å². The quantitative estimate of drug-likeness (QED) is 0.512. The molecular weight excluding hydrogens is 285 g/mol. The van der Waals surface area contributed by atoms with Gasteiger partial charge in [-0.05, 0) is 68.4 Å². The fourth-order valence-corrected chi connectivity index (χ4v) is 4.44. The van der Waals surface area contributed by atoms with E-state index in [-0.39, 0.29) is 0 Å². The summed E-state index contributed by atoms with van der Waals surface area (Å²) < 4.78 is 12.8. The predicted octanol–water partition coefficient (Wildman–Crippen LogP) is 5.60. The molecule has 0 atom stereocenters. The van der Waals surface area contributed by atoms with Gasteiger partial charge >= 0.3 is 0 Å². The number of hydrogen-bond donors (Lipinski definition) is 0. The minimum absolute atomic E-state index is 0.436. The molecule has 124 valence electrons. The van der Waals surface area contributed by atoms with Gasteiger partial charge in [0, 0.05) is 17.7 Å². The fraction of sp³-hybridized carbons (Fsp3) is 0.667. The topological polar surface area (TPSA) is 12.9 Å². The molecule has 2 fully saturated rings. The van der Waals surface area contributed by atoms with Crippen LogP contribution in [-0.2, 0) is 0 Å². The first-order chi connectivity index (χ1) is 11.2. The summed E-state index contributed by atoms with van der Waals surface area (Å²) in [5.41, 5.74) is 0.825. The molecule has 0 aliphatic heterocycles. The smallest absolute Gasteiger partial charge is 0.212 e. The number of nitrogens with zero attached hydrogens (tertiary/aromatic N) is 1. The summed E-state index contributed by atoms with van der Waals surface area (Å²) in [4.78, 5) is 3.66. The highest BCUT2D eigenvalue weighted by atomic mass is 19.1. The Kier molecular flexibility index (Phi) is 5.70. The maximum atomic E-state index is 12.8. The van der Waals surface area contributed by atoms with Crippen molar-refractivity contribution in [1.29, 1.82) is 0 Å². The normalized spacial score (nSPS) is 31.2. The molecule has 2 saturated carbocycles. The zero-order valence-electron chi connectivity index (χ0n) is 14.2. The molecule has 0 amide bonds. The van der Waals surface area contributed by atoms with Gasteiger partial charge in [-0.2, -0.15) is 4.39 Å². The molecule has 0 aromatic carbocycles. The first kappa shape index (κ1) is 16.5. The lowest BCUT2D eigenvalue weighted by molar-refractivity contribution is 0.156. The molecule has 0 N–H and O–H groups in total. The summed E-state index contributed by atoms with van der Waals surface area (Å²) in [5.74, 6) is 9.56. The van der Waals surface area contributed by atoms with E-state index in [0.29, 0.717) is 5.92 Å². The average molecular weight is 313 g/mol. The lowest BCUT2D eigenvalue weighted by Crippen LogP contribution is -2.25. The van der Waals surface area contributed by atoms with Crippen LogP contribution in [0.3, 0.4) is 0 Å². The fourth-order valence-electron chi connectivity index (χ4n) is 4.44. The van der Waals surface area contributed by atoms with Crippen molar-refractivity contribution >= 4 is 0 Å². The Morgan fingerprint density at radius 3 is 2.22 bits per heavy atom. The van der Waals surface area contributed by atoms with E-state index in [1.807, 2.05) is 0 Å². The van der Waals surface area contributed by atoms with Crippen molar-refractivity contribution in [3.63, 3.8) is 0 Å². The third kappa shape index (κ3) is 4.56. The van der Waals surface area contributed by atoms with Gasteiger partial charge in [-0.25, -0.2) is 4.98 Å². The van der Waals surface area contributed by atoms with E-state index in [4.69, 9.17) is 0 Å². The monoisotopic (exact) mass is 313 g/mol. The van der Waals surface area contributed by atoms with Gasteiger partial charge in [0.25, 0.3) is 0 Å². The molecule has 1 heterocycles. The van der Waals surface area contributed by atoms with Crippen LogP contribution >= 0.6 is 0 Å². The SMILES string of the molecule is CC[C@H]1CC[C@H]([C@H]2CC[C@H](C#Cc3ccc(F)nc3)CC2)CC1. The highest BCUT2D eigenvalue weighted by Crippen LogP contribution is 2.41. The first-order valence-electron chi connectivity index (χ1n) is 9.37.